The van der Waals surface area contributed by atoms with Crippen molar-refractivity contribution in [2.24, 2.45) is 0 Å². The van der Waals surface area contributed by atoms with Crippen molar-refractivity contribution in [3.63, 3.8) is 0 Å². The summed E-state index contributed by atoms with van der Waals surface area (Å²) < 4.78 is 33.5. The van der Waals surface area contributed by atoms with Crippen LogP contribution < -0.4 is 0 Å². The van der Waals surface area contributed by atoms with Crippen molar-refractivity contribution in [2.45, 2.75) is 55.5 Å². The summed E-state index contributed by atoms with van der Waals surface area (Å²) in [6, 6.07) is -0.0602. The third kappa shape index (κ3) is 2.60. The molecule has 1 aromatic heterocycles. The summed E-state index contributed by atoms with van der Waals surface area (Å²) in [5.41, 5.74) is 0.942. The number of hydrogen-bond acceptors (Lipinski definition) is 4. The average Bonchev–Trinajstić information content (AvgIpc) is 2.88. The molecule has 1 saturated heterocycles. The molecule has 0 amide bonds. The van der Waals surface area contributed by atoms with Crippen LogP contribution in [0.1, 0.15) is 37.1 Å². The van der Waals surface area contributed by atoms with Gasteiger partial charge in [0.15, 0.2) is 0 Å². The number of aromatic nitrogens is 2. The highest BCUT2D eigenvalue weighted by molar-refractivity contribution is 7.89. The fourth-order valence-corrected chi connectivity index (χ4v) is 5.65. The Hall–Kier alpha value is -0.630. The van der Waals surface area contributed by atoms with Crippen molar-refractivity contribution in [2.75, 3.05) is 13.2 Å². The Bertz CT molecular complexity index is 614. The SMILES string of the molecule is Cc1[nH]nc(CCl)c1S(=O)(=O)N1CCOC2CCCCC21. The predicted octanol–water partition coefficient (Wildman–Crippen LogP) is 1.79. The minimum absolute atomic E-state index is 0.0222. The second-order valence-corrected chi connectivity index (χ2v) is 7.73. The summed E-state index contributed by atoms with van der Waals surface area (Å²) in [6.07, 6.45) is 3.96. The largest absolute Gasteiger partial charge is 0.375 e. The summed E-state index contributed by atoms with van der Waals surface area (Å²) in [7, 11) is -3.59. The van der Waals surface area contributed by atoms with E-state index in [9.17, 15) is 8.42 Å². The molecule has 2 aliphatic rings. The molecule has 6 nitrogen and oxygen atoms in total. The standard InChI is InChI=1S/C13H20ClN3O3S/c1-9-13(10(8-14)16-15-9)21(18,19)17-6-7-20-12-5-3-2-4-11(12)17/h11-12H,2-8H2,1H3,(H,15,16). The fraction of sp³-hybridized carbons (Fsp3) is 0.769. The quantitative estimate of drug-likeness (QED) is 0.856. The van der Waals surface area contributed by atoms with Gasteiger partial charge in [0.2, 0.25) is 10.0 Å². The van der Waals surface area contributed by atoms with Crippen LogP contribution in [0.2, 0.25) is 0 Å². The topological polar surface area (TPSA) is 75.3 Å². The van der Waals surface area contributed by atoms with Crippen molar-refractivity contribution < 1.29 is 13.2 Å². The molecule has 0 spiro atoms. The first-order valence-corrected chi connectivity index (χ1v) is 9.26. The second kappa shape index (κ2) is 5.87. The molecule has 2 fully saturated rings. The lowest BCUT2D eigenvalue weighted by molar-refractivity contribution is -0.0586. The fourth-order valence-electron chi connectivity index (χ4n) is 3.38. The van der Waals surface area contributed by atoms with Crippen LogP contribution in [-0.4, -0.2) is 48.2 Å². The van der Waals surface area contributed by atoms with E-state index in [1.165, 1.54) is 0 Å². The van der Waals surface area contributed by atoms with Crippen molar-refractivity contribution in [3.8, 4) is 0 Å². The zero-order valence-electron chi connectivity index (χ0n) is 12.0. The Labute approximate surface area is 129 Å². The van der Waals surface area contributed by atoms with Crippen molar-refractivity contribution in [3.05, 3.63) is 11.4 Å². The predicted molar refractivity (Wildman–Crippen MR) is 78.8 cm³/mol. The Morgan fingerprint density at radius 3 is 2.95 bits per heavy atom. The first kappa shape index (κ1) is 15.3. The summed E-state index contributed by atoms with van der Waals surface area (Å²) in [5, 5.41) is 6.74. The first-order valence-electron chi connectivity index (χ1n) is 7.29. The molecule has 2 heterocycles. The molecule has 8 heteroatoms. The minimum atomic E-state index is -3.59. The zero-order chi connectivity index (χ0) is 15.0. The number of sulfonamides is 1. The molecular weight excluding hydrogens is 314 g/mol. The molecule has 0 radical (unpaired) electrons. The highest BCUT2D eigenvalue weighted by Crippen LogP contribution is 2.33. The van der Waals surface area contributed by atoms with E-state index in [1.54, 1.807) is 11.2 Å². The number of hydrogen-bond donors (Lipinski definition) is 1. The minimum Gasteiger partial charge on any atom is -0.375 e. The van der Waals surface area contributed by atoms with E-state index in [0.717, 1.165) is 25.7 Å². The normalized spacial score (nSPS) is 27.5. The molecule has 2 unspecified atom stereocenters. The number of morpholine rings is 1. The average molecular weight is 334 g/mol. The molecule has 1 aromatic rings. The Morgan fingerprint density at radius 2 is 2.19 bits per heavy atom. The van der Waals surface area contributed by atoms with Gasteiger partial charge < -0.3 is 4.74 Å². The van der Waals surface area contributed by atoms with Crippen LogP contribution in [0.3, 0.4) is 0 Å². The number of aromatic amines is 1. The molecular formula is C13H20ClN3O3S. The molecule has 118 valence electrons. The number of H-pyrrole nitrogens is 1. The van der Waals surface area contributed by atoms with Gasteiger partial charge in [-0.05, 0) is 19.8 Å². The van der Waals surface area contributed by atoms with Crippen LogP contribution in [-0.2, 0) is 20.6 Å². The van der Waals surface area contributed by atoms with Crippen LogP contribution in [0.25, 0.3) is 0 Å². The third-order valence-electron chi connectivity index (χ3n) is 4.34. The van der Waals surface area contributed by atoms with E-state index < -0.39 is 10.0 Å². The van der Waals surface area contributed by atoms with Crippen LogP contribution in [0.4, 0.5) is 0 Å². The van der Waals surface area contributed by atoms with E-state index in [-0.39, 0.29) is 22.9 Å². The second-order valence-electron chi connectivity index (χ2n) is 5.63. The van der Waals surface area contributed by atoms with Crippen molar-refractivity contribution in [1.82, 2.24) is 14.5 Å². The maximum Gasteiger partial charge on any atom is 0.247 e. The van der Waals surface area contributed by atoms with Crippen molar-refractivity contribution >= 4 is 21.6 Å². The molecule has 1 N–H and O–H groups in total. The number of rotatable bonds is 3. The number of ether oxygens (including phenoxy) is 1. The lowest BCUT2D eigenvalue weighted by atomic mass is 9.91. The van der Waals surface area contributed by atoms with E-state index >= 15 is 0 Å². The maximum absolute atomic E-state index is 13.1. The maximum atomic E-state index is 13.1. The number of nitrogens with one attached hydrogen (secondary N) is 1. The smallest absolute Gasteiger partial charge is 0.247 e. The molecule has 1 aliphatic heterocycles. The third-order valence-corrected chi connectivity index (χ3v) is 6.72. The molecule has 21 heavy (non-hydrogen) atoms. The van der Waals surface area contributed by atoms with E-state index in [0.29, 0.717) is 24.5 Å². The van der Waals surface area contributed by atoms with Gasteiger partial charge in [0, 0.05) is 6.54 Å². The highest BCUT2D eigenvalue weighted by Gasteiger charge is 2.42. The Kier molecular flexibility index (Phi) is 4.27. The number of fused-ring (bicyclic) bond motifs is 1. The van der Waals surface area contributed by atoms with Gasteiger partial charge in [-0.25, -0.2) is 8.42 Å². The number of alkyl halides is 1. The van der Waals surface area contributed by atoms with Gasteiger partial charge >= 0.3 is 0 Å². The lowest BCUT2D eigenvalue weighted by Gasteiger charge is -2.42. The van der Waals surface area contributed by atoms with E-state index in [2.05, 4.69) is 10.2 Å². The monoisotopic (exact) mass is 333 g/mol. The highest BCUT2D eigenvalue weighted by atomic mass is 35.5. The van der Waals surface area contributed by atoms with Gasteiger partial charge in [-0.3, -0.25) is 5.10 Å². The molecule has 1 aliphatic carbocycles. The number of nitrogens with zero attached hydrogens (tertiary/aromatic N) is 2. The molecule has 0 aromatic carbocycles. The number of halogens is 1. The molecule has 2 atom stereocenters. The van der Waals surface area contributed by atoms with Gasteiger partial charge in [0.25, 0.3) is 0 Å². The molecule has 3 rings (SSSR count). The Morgan fingerprint density at radius 1 is 1.43 bits per heavy atom. The zero-order valence-corrected chi connectivity index (χ0v) is 13.6. The summed E-state index contributed by atoms with van der Waals surface area (Å²) in [5.74, 6) is 0.0807. The number of aryl methyl sites for hydroxylation is 1. The van der Waals surface area contributed by atoms with Crippen LogP contribution in [0.15, 0.2) is 4.90 Å². The van der Waals surface area contributed by atoms with Gasteiger partial charge in [0.05, 0.1) is 36.0 Å². The van der Waals surface area contributed by atoms with E-state index in [1.807, 2.05) is 0 Å². The van der Waals surface area contributed by atoms with Gasteiger partial charge in [-0.1, -0.05) is 12.8 Å². The molecule has 1 saturated carbocycles. The van der Waals surface area contributed by atoms with Crippen LogP contribution in [0, 0.1) is 6.92 Å². The van der Waals surface area contributed by atoms with E-state index in [4.69, 9.17) is 16.3 Å². The molecule has 0 bridgehead atoms. The van der Waals surface area contributed by atoms with Crippen LogP contribution in [0.5, 0.6) is 0 Å². The van der Waals surface area contributed by atoms with Gasteiger partial charge in [-0.2, -0.15) is 9.40 Å². The summed E-state index contributed by atoms with van der Waals surface area (Å²) >= 11 is 5.84. The van der Waals surface area contributed by atoms with Gasteiger partial charge in [0.1, 0.15) is 4.90 Å². The Balaban J connectivity index is 1.98. The van der Waals surface area contributed by atoms with Crippen molar-refractivity contribution in [1.29, 1.82) is 0 Å². The van der Waals surface area contributed by atoms with Crippen LogP contribution >= 0.6 is 11.6 Å². The summed E-state index contributed by atoms with van der Waals surface area (Å²) in [4.78, 5) is 0.240. The lowest BCUT2D eigenvalue weighted by Crippen LogP contribution is -2.54. The van der Waals surface area contributed by atoms with Gasteiger partial charge in [-0.15, -0.1) is 11.6 Å². The first-order chi connectivity index (χ1) is 10.1. The summed E-state index contributed by atoms with van der Waals surface area (Å²) in [6.45, 7) is 2.57.